The van der Waals surface area contributed by atoms with Crippen LogP contribution < -0.4 is 4.90 Å². The van der Waals surface area contributed by atoms with Crippen molar-refractivity contribution in [3.8, 4) is 11.3 Å². The Hall–Kier alpha value is -3.00. The summed E-state index contributed by atoms with van der Waals surface area (Å²) in [6.07, 6.45) is -3.24. The molecular formula is C24H26F3N5. The molecule has 1 atom stereocenters. The van der Waals surface area contributed by atoms with Crippen LogP contribution >= 0.6 is 0 Å². The Morgan fingerprint density at radius 3 is 2.16 bits per heavy atom. The van der Waals surface area contributed by atoms with Crippen molar-refractivity contribution in [2.75, 3.05) is 31.1 Å². The second kappa shape index (κ2) is 8.86. The number of hydrogen-bond acceptors (Lipinski definition) is 5. The summed E-state index contributed by atoms with van der Waals surface area (Å²) in [6, 6.07) is 13.2. The van der Waals surface area contributed by atoms with Gasteiger partial charge in [0.1, 0.15) is 5.69 Å². The van der Waals surface area contributed by atoms with Crippen LogP contribution in [-0.2, 0) is 6.18 Å². The minimum absolute atomic E-state index is 0.331. The topological polar surface area (TPSA) is 45.2 Å². The van der Waals surface area contributed by atoms with Gasteiger partial charge in [-0.05, 0) is 38.5 Å². The molecule has 1 fully saturated rings. The van der Waals surface area contributed by atoms with Crippen LogP contribution in [-0.4, -0.2) is 46.0 Å². The van der Waals surface area contributed by atoms with Gasteiger partial charge in [0.15, 0.2) is 5.82 Å². The number of nitrogens with zero attached hydrogens (tertiary/aromatic N) is 5. The molecule has 0 radical (unpaired) electrons. The van der Waals surface area contributed by atoms with E-state index in [1.54, 1.807) is 0 Å². The number of anilines is 1. The first-order valence-corrected chi connectivity index (χ1v) is 10.7. The molecule has 0 spiro atoms. The summed E-state index contributed by atoms with van der Waals surface area (Å²) in [7, 11) is 0. The molecule has 1 aromatic carbocycles. The lowest BCUT2D eigenvalue weighted by atomic mass is 10.1. The van der Waals surface area contributed by atoms with Crippen LogP contribution in [0.3, 0.4) is 0 Å². The lowest BCUT2D eigenvalue weighted by Crippen LogP contribution is -2.47. The largest absolute Gasteiger partial charge is 0.433 e. The number of aromatic nitrogens is 3. The molecule has 1 saturated heterocycles. The Morgan fingerprint density at radius 1 is 0.875 bits per heavy atom. The lowest BCUT2D eigenvalue weighted by Gasteiger charge is -2.39. The molecule has 4 rings (SSSR count). The van der Waals surface area contributed by atoms with Gasteiger partial charge in [-0.25, -0.2) is 4.98 Å². The number of pyridine rings is 1. The molecule has 1 unspecified atom stereocenters. The van der Waals surface area contributed by atoms with Crippen LogP contribution in [0.4, 0.5) is 19.0 Å². The van der Waals surface area contributed by atoms with Gasteiger partial charge in [0, 0.05) is 44.0 Å². The van der Waals surface area contributed by atoms with Crippen molar-refractivity contribution in [3.63, 3.8) is 0 Å². The number of aryl methyl sites for hydroxylation is 2. The van der Waals surface area contributed by atoms with Gasteiger partial charge in [-0.3, -0.25) is 14.9 Å². The SMILES string of the molecule is Cc1nc(C)c(N2CCN(C(C)c3ccccc3)CC2)nc1-c1ccc(C(F)(F)F)nc1. The fourth-order valence-electron chi connectivity index (χ4n) is 4.16. The average Bonchev–Trinajstić information content (AvgIpc) is 2.79. The molecule has 8 heteroatoms. The van der Waals surface area contributed by atoms with Crippen LogP contribution in [0.15, 0.2) is 48.7 Å². The van der Waals surface area contributed by atoms with Crippen LogP contribution in [0.2, 0.25) is 0 Å². The fraction of sp³-hybridized carbons (Fsp3) is 0.375. The van der Waals surface area contributed by atoms with E-state index in [4.69, 9.17) is 4.98 Å². The summed E-state index contributed by atoms with van der Waals surface area (Å²) >= 11 is 0. The van der Waals surface area contributed by atoms with Crippen molar-refractivity contribution in [2.24, 2.45) is 0 Å². The zero-order chi connectivity index (χ0) is 22.9. The summed E-state index contributed by atoms with van der Waals surface area (Å²) in [6.45, 7) is 9.35. The zero-order valence-electron chi connectivity index (χ0n) is 18.4. The minimum atomic E-state index is -4.46. The summed E-state index contributed by atoms with van der Waals surface area (Å²) < 4.78 is 38.6. The van der Waals surface area contributed by atoms with E-state index in [1.807, 2.05) is 19.9 Å². The number of piperazine rings is 1. The van der Waals surface area contributed by atoms with Gasteiger partial charge in [-0.15, -0.1) is 0 Å². The normalized spacial score (nSPS) is 16.2. The molecule has 5 nitrogen and oxygen atoms in total. The fourth-order valence-corrected chi connectivity index (χ4v) is 4.16. The van der Waals surface area contributed by atoms with E-state index in [1.165, 1.54) is 17.8 Å². The lowest BCUT2D eigenvalue weighted by molar-refractivity contribution is -0.141. The van der Waals surface area contributed by atoms with Gasteiger partial charge >= 0.3 is 6.18 Å². The maximum absolute atomic E-state index is 12.9. The van der Waals surface area contributed by atoms with E-state index in [0.29, 0.717) is 23.0 Å². The molecule has 0 saturated carbocycles. The Bertz CT molecular complexity index is 1060. The Morgan fingerprint density at radius 2 is 1.56 bits per heavy atom. The van der Waals surface area contributed by atoms with Crippen molar-refractivity contribution in [3.05, 3.63) is 71.3 Å². The predicted molar refractivity (Wildman–Crippen MR) is 118 cm³/mol. The van der Waals surface area contributed by atoms with Crippen LogP contribution in [0.25, 0.3) is 11.3 Å². The predicted octanol–water partition coefficient (Wildman–Crippen LogP) is 5.06. The van der Waals surface area contributed by atoms with Crippen molar-refractivity contribution in [1.29, 1.82) is 0 Å². The summed E-state index contributed by atoms with van der Waals surface area (Å²) in [5.74, 6) is 0.775. The van der Waals surface area contributed by atoms with Crippen molar-refractivity contribution in [2.45, 2.75) is 33.0 Å². The van der Waals surface area contributed by atoms with Gasteiger partial charge in [0.2, 0.25) is 0 Å². The van der Waals surface area contributed by atoms with Crippen LogP contribution in [0.5, 0.6) is 0 Å². The van der Waals surface area contributed by atoms with E-state index in [9.17, 15) is 13.2 Å². The average molecular weight is 442 g/mol. The van der Waals surface area contributed by atoms with Gasteiger partial charge < -0.3 is 4.90 Å². The van der Waals surface area contributed by atoms with Crippen molar-refractivity contribution >= 4 is 5.82 Å². The first kappa shape index (κ1) is 22.2. The number of rotatable bonds is 4. The first-order valence-electron chi connectivity index (χ1n) is 10.7. The summed E-state index contributed by atoms with van der Waals surface area (Å²) in [5, 5.41) is 0. The number of hydrogen-bond donors (Lipinski definition) is 0. The highest BCUT2D eigenvalue weighted by atomic mass is 19.4. The molecular weight excluding hydrogens is 415 g/mol. The maximum atomic E-state index is 12.9. The van der Waals surface area contributed by atoms with E-state index in [-0.39, 0.29) is 0 Å². The highest BCUT2D eigenvalue weighted by Crippen LogP contribution is 2.31. The van der Waals surface area contributed by atoms with E-state index in [0.717, 1.165) is 43.8 Å². The minimum Gasteiger partial charge on any atom is -0.353 e. The smallest absolute Gasteiger partial charge is 0.353 e. The number of halogens is 3. The van der Waals surface area contributed by atoms with E-state index in [2.05, 4.69) is 51.0 Å². The van der Waals surface area contributed by atoms with Gasteiger partial charge in [-0.2, -0.15) is 13.2 Å². The first-order chi connectivity index (χ1) is 15.2. The third-order valence-corrected chi connectivity index (χ3v) is 5.99. The van der Waals surface area contributed by atoms with Gasteiger partial charge in [-0.1, -0.05) is 30.3 Å². The highest BCUT2D eigenvalue weighted by molar-refractivity contribution is 5.64. The summed E-state index contributed by atoms with van der Waals surface area (Å²) in [4.78, 5) is 17.7. The standard InChI is InChI=1S/C24H26F3N5/c1-16-22(20-9-10-21(28-15-20)24(25,26)27)30-23(17(2)29-16)32-13-11-31(12-14-32)18(3)19-7-5-4-6-8-19/h4-10,15,18H,11-14H2,1-3H3. The molecule has 168 valence electrons. The molecule has 1 aliphatic rings. The zero-order valence-corrected chi connectivity index (χ0v) is 18.4. The molecule has 3 aromatic rings. The van der Waals surface area contributed by atoms with Crippen molar-refractivity contribution < 1.29 is 13.2 Å². The highest BCUT2D eigenvalue weighted by Gasteiger charge is 2.32. The number of alkyl halides is 3. The summed E-state index contributed by atoms with van der Waals surface area (Å²) in [5.41, 5.74) is 2.96. The van der Waals surface area contributed by atoms with Gasteiger partial charge in [0.05, 0.1) is 17.1 Å². The van der Waals surface area contributed by atoms with Crippen LogP contribution in [0.1, 0.15) is 35.6 Å². The molecule has 2 aromatic heterocycles. The maximum Gasteiger partial charge on any atom is 0.433 e. The van der Waals surface area contributed by atoms with Crippen molar-refractivity contribution in [1.82, 2.24) is 19.9 Å². The molecule has 0 amide bonds. The molecule has 1 aliphatic heterocycles. The number of benzene rings is 1. The molecule has 32 heavy (non-hydrogen) atoms. The third-order valence-electron chi connectivity index (χ3n) is 5.99. The Labute approximate surface area is 185 Å². The molecule has 0 bridgehead atoms. The van der Waals surface area contributed by atoms with Crippen LogP contribution in [0, 0.1) is 13.8 Å². The molecule has 0 N–H and O–H groups in total. The monoisotopic (exact) mass is 441 g/mol. The Kier molecular flexibility index (Phi) is 6.15. The van der Waals surface area contributed by atoms with E-state index < -0.39 is 11.9 Å². The third kappa shape index (κ3) is 4.60. The van der Waals surface area contributed by atoms with Gasteiger partial charge in [0.25, 0.3) is 0 Å². The van der Waals surface area contributed by atoms with E-state index >= 15 is 0 Å². The quantitative estimate of drug-likeness (QED) is 0.567. The second-order valence-corrected chi connectivity index (χ2v) is 8.11. The molecule has 3 heterocycles. The second-order valence-electron chi connectivity index (χ2n) is 8.11. The molecule has 0 aliphatic carbocycles. The Balaban J connectivity index is 1.52.